The molecular weight excluding hydrogens is 559 g/mol. The van der Waals surface area contributed by atoms with E-state index in [0.29, 0.717) is 28.0 Å². The fourth-order valence-corrected chi connectivity index (χ4v) is 5.58. The molecule has 0 aliphatic carbocycles. The van der Waals surface area contributed by atoms with Gasteiger partial charge in [0.2, 0.25) is 11.8 Å². The van der Waals surface area contributed by atoms with Gasteiger partial charge in [0, 0.05) is 45.6 Å². The molecule has 0 fully saturated rings. The second-order valence-corrected chi connectivity index (χ2v) is 11.7. The standard InChI is InChI=1S/C31H28Cl2N6O2/c1-17-14-36-39-26(17)12-28(40)37-27-13-31(2,3)41-30-24(27)11-23(18-4-7-21(32)8-5-18)29(38-30)22-9-6-19(10-25(22)33)20-15-34-35-16-20/h4-11,14-16,27H,12-13H2,1-3H3,(H,34,35)(H,36,39)(H,37,40)/t27-/m1/s1. The van der Waals surface area contributed by atoms with E-state index in [-0.39, 0.29) is 18.4 Å². The van der Waals surface area contributed by atoms with Gasteiger partial charge in [-0.15, -0.1) is 0 Å². The van der Waals surface area contributed by atoms with Gasteiger partial charge in [-0.3, -0.25) is 15.0 Å². The number of fused-ring (bicyclic) bond motifs is 1. The lowest BCUT2D eigenvalue weighted by Crippen LogP contribution is -2.42. The maximum atomic E-state index is 13.1. The third-order valence-electron chi connectivity index (χ3n) is 7.28. The Kier molecular flexibility index (Phi) is 7.05. The molecule has 1 aliphatic heterocycles. The molecule has 208 valence electrons. The van der Waals surface area contributed by atoms with E-state index >= 15 is 0 Å². The normalized spacial score (nSPS) is 15.7. The predicted molar refractivity (Wildman–Crippen MR) is 160 cm³/mol. The number of aromatic amines is 2. The summed E-state index contributed by atoms with van der Waals surface area (Å²) in [4.78, 5) is 18.2. The second kappa shape index (κ2) is 10.7. The maximum absolute atomic E-state index is 13.1. The van der Waals surface area contributed by atoms with Crippen LogP contribution in [0.3, 0.4) is 0 Å². The number of nitrogens with zero attached hydrogens (tertiary/aromatic N) is 3. The monoisotopic (exact) mass is 586 g/mol. The van der Waals surface area contributed by atoms with Crippen molar-refractivity contribution in [3.63, 3.8) is 0 Å². The molecule has 3 N–H and O–H groups in total. The van der Waals surface area contributed by atoms with Crippen LogP contribution >= 0.6 is 23.2 Å². The molecule has 0 spiro atoms. The van der Waals surface area contributed by atoms with Crippen LogP contribution in [0.4, 0.5) is 0 Å². The zero-order chi connectivity index (χ0) is 28.7. The number of aromatic nitrogens is 5. The first-order chi connectivity index (χ1) is 19.7. The van der Waals surface area contributed by atoms with E-state index < -0.39 is 5.60 Å². The molecule has 6 rings (SSSR count). The average molecular weight is 588 g/mol. The Labute approximate surface area is 247 Å². The Bertz CT molecular complexity index is 1730. The molecule has 1 atom stereocenters. The summed E-state index contributed by atoms with van der Waals surface area (Å²) < 4.78 is 6.40. The number of rotatable bonds is 6. The zero-order valence-electron chi connectivity index (χ0n) is 22.8. The van der Waals surface area contributed by atoms with E-state index in [1.54, 1.807) is 12.4 Å². The number of amides is 1. The van der Waals surface area contributed by atoms with E-state index in [0.717, 1.165) is 44.6 Å². The van der Waals surface area contributed by atoms with Crippen molar-refractivity contribution in [1.29, 1.82) is 0 Å². The number of carbonyl (C=O) groups is 1. The van der Waals surface area contributed by atoms with Gasteiger partial charge in [0.1, 0.15) is 5.60 Å². The minimum absolute atomic E-state index is 0.110. The molecule has 1 amide bonds. The third-order valence-corrected chi connectivity index (χ3v) is 7.84. The molecule has 0 bridgehead atoms. The van der Waals surface area contributed by atoms with E-state index in [1.807, 2.05) is 75.5 Å². The van der Waals surface area contributed by atoms with E-state index in [2.05, 4.69) is 25.7 Å². The van der Waals surface area contributed by atoms with Crippen molar-refractivity contribution in [3.8, 4) is 39.4 Å². The van der Waals surface area contributed by atoms with Gasteiger partial charge < -0.3 is 10.1 Å². The number of ether oxygens (including phenoxy) is 1. The van der Waals surface area contributed by atoms with Crippen molar-refractivity contribution >= 4 is 29.1 Å². The van der Waals surface area contributed by atoms with Crippen molar-refractivity contribution in [2.75, 3.05) is 0 Å². The minimum Gasteiger partial charge on any atom is -0.471 e. The van der Waals surface area contributed by atoms with Crippen molar-refractivity contribution in [2.45, 2.75) is 45.3 Å². The summed E-state index contributed by atoms with van der Waals surface area (Å²) in [7, 11) is 0. The predicted octanol–water partition coefficient (Wildman–Crippen LogP) is 7.11. The molecule has 8 nitrogen and oxygen atoms in total. The van der Waals surface area contributed by atoms with Gasteiger partial charge in [0.15, 0.2) is 0 Å². The molecule has 0 radical (unpaired) electrons. The van der Waals surface area contributed by atoms with E-state index in [9.17, 15) is 4.79 Å². The molecule has 10 heteroatoms. The minimum atomic E-state index is -0.560. The van der Waals surface area contributed by atoms with Gasteiger partial charge in [-0.25, -0.2) is 4.98 Å². The van der Waals surface area contributed by atoms with Crippen molar-refractivity contribution in [1.82, 2.24) is 30.7 Å². The number of halogens is 2. The number of hydrogen-bond acceptors (Lipinski definition) is 5. The largest absolute Gasteiger partial charge is 0.471 e. The number of aryl methyl sites for hydroxylation is 1. The van der Waals surface area contributed by atoms with Gasteiger partial charge >= 0.3 is 0 Å². The van der Waals surface area contributed by atoms with Crippen LogP contribution in [0, 0.1) is 6.92 Å². The molecule has 41 heavy (non-hydrogen) atoms. The van der Waals surface area contributed by atoms with Crippen LogP contribution in [0.15, 0.2) is 67.1 Å². The highest BCUT2D eigenvalue weighted by atomic mass is 35.5. The quantitative estimate of drug-likeness (QED) is 0.196. The number of H-pyrrole nitrogens is 2. The van der Waals surface area contributed by atoms with Crippen LogP contribution < -0.4 is 10.1 Å². The van der Waals surface area contributed by atoms with Crippen LogP contribution in [-0.4, -0.2) is 36.9 Å². The Balaban J connectivity index is 1.45. The van der Waals surface area contributed by atoms with Gasteiger partial charge in [-0.1, -0.05) is 47.5 Å². The molecule has 0 unspecified atom stereocenters. The summed E-state index contributed by atoms with van der Waals surface area (Å²) in [6.07, 6.45) is 6.06. The van der Waals surface area contributed by atoms with Crippen LogP contribution in [-0.2, 0) is 11.2 Å². The van der Waals surface area contributed by atoms with Gasteiger partial charge in [0.05, 0.1) is 35.6 Å². The number of pyridine rings is 1. The van der Waals surface area contributed by atoms with E-state index in [1.165, 1.54) is 0 Å². The summed E-state index contributed by atoms with van der Waals surface area (Å²) >= 11 is 13.1. The highest BCUT2D eigenvalue weighted by molar-refractivity contribution is 6.33. The zero-order valence-corrected chi connectivity index (χ0v) is 24.3. The third kappa shape index (κ3) is 5.58. The summed E-state index contributed by atoms with van der Waals surface area (Å²) in [5.74, 6) is 0.355. The molecule has 2 aromatic carbocycles. The highest BCUT2D eigenvalue weighted by Crippen LogP contribution is 2.45. The summed E-state index contributed by atoms with van der Waals surface area (Å²) in [6, 6.07) is 15.2. The van der Waals surface area contributed by atoms with Crippen LogP contribution in [0.25, 0.3) is 33.5 Å². The SMILES string of the molecule is Cc1cn[nH]c1CC(=O)N[C@@H]1CC(C)(C)Oc2nc(-c3ccc(-c4cn[nH]c4)cc3Cl)c(-c3ccc(Cl)cc3)cc21. The Morgan fingerprint density at radius 3 is 2.49 bits per heavy atom. The van der Waals surface area contributed by atoms with E-state index in [4.69, 9.17) is 32.9 Å². The van der Waals surface area contributed by atoms with Crippen molar-refractivity contribution in [2.24, 2.45) is 0 Å². The smallest absolute Gasteiger partial charge is 0.226 e. The molecule has 0 saturated carbocycles. The molecule has 1 aliphatic rings. The fraction of sp³-hybridized carbons (Fsp3) is 0.226. The summed E-state index contributed by atoms with van der Waals surface area (Å²) in [5, 5.41) is 18.2. The number of carbonyl (C=O) groups excluding carboxylic acids is 1. The highest BCUT2D eigenvalue weighted by Gasteiger charge is 2.37. The molecular formula is C31H28Cl2N6O2. The number of nitrogens with one attached hydrogen (secondary N) is 3. The van der Waals surface area contributed by atoms with Gasteiger partial charge in [0.25, 0.3) is 0 Å². The lowest BCUT2D eigenvalue weighted by molar-refractivity contribution is -0.121. The maximum Gasteiger partial charge on any atom is 0.226 e. The first kappa shape index (κ1) is 27.1. The Morgan fingerprint density at radius 2 is 1.80 bits per heavy atom. The topological polar surface area (TPSA) is 109 Å². The first-order valence-corrected chi connectivity index (χ1v) is 14.0. The van der Waals surface area contributed by atoms with Crippen LogP contribution in [0.1, 0.15) is 43.1 Å². The number of hydrogen-bond donors (Lipinski definition) is 3. The van der Waals surface area contributed by atoms with Crippen LogP contribution in [0.2, 0.25) is 10.0 Å². The fourth-order valence-electron chi connectivity index (χ4n) is 5.19. The molecule has 5 aromatic rings. The molecule has 4 heterocycles. The second-order valence-electron chi connectivity index (χ2n) is 10.9. The molecule has 3 aromatic heterocycles. The first-order valence-electron chi connectivity index (χ1n) is 13.2. The number of benzene rings is 2. The molecule has 0 saturated heterocycles. The van der Waals surface area contributed by atoms with Crippen molar-refractivity contribution in [3.05, 3.63) is 94.0 Å². The Hall–Kier alpha value is -4.14. The van der Waals surface area contributed by atoms with Gasteiger partial charge in [-0.2, -0.15) is 10.2 Å². The summed E-state index contributed by atoms with van der Waals surface area (Å²) in [5.41, 5.74) is 7.05. The Morgan fingerprint density at radius 1 is 1.02 bits per heavy atom. The summed E-state index contributed by atoms with van der Waals surface area (Å²) in [6.45, 7) is 5.92. The van der Waals surface area contributed by atoms with Crippen LogP contribution in [0.5, 0.6) is 5.88 Å². The average Bonchev–Trinajstić information content (AvgIpc) is 3.60. The lowest BCUT2D eigenvalue weighted by Gasteiger charge is -2.37. The van der Waals surface area contributed by atoms with Crippen molar-refractivity contribution < 1.29 is 9.53 Å². The lowest BCUT2D eigenvalue weighted by atomic mass is 9.88. The van der Waals surface area contributed by atoms with Gasteiger partial charge in [-0.05, 0) is 61.7 Å².